The molecule has 2 N–H and O–H groups in total. The van der Waals surface area contributed by atoms with Crippen molar-refractivity contribution in [1.82, 2.24) is 4.98 Å². The van der Waals surface area contributed by atoms with Crippen LogP contribution in [0.1, 0.15) is 17.7 Å². The molecule has 0 aliphatic carbocycles. The molecule has 0 spiro atoms. The number of hydrogen-bond donors (Lipinski definition) is 1. The minimum atomic E-state index is -4.26. The third-order valence-corrected chi connectivity index (χ3v) is 3.18. The highest BCUT2D eigenvalue weighted by Gasteiger charge is 2.22. The smallest absolute Gasteiger partial charge is 0.228 e. The van der Waals surface area contributed by atoms with Gasteiger partial charge in [0.15, 0.2) is 5.69 Å². The van der Waals surface area contributed by atoms with Crippen molar-refractivity contribution in [2.45, 2.75) is 11.3 Å². The summed E-state index contributed by atoms with van der Waals surface area (Å²) in [5.74, 6) is 0. The van der Waals surface area contributed by atoms with E-state index in [-0.39, 0.29) is 4.60 Å². The second kappa shape index (κ2) is 4.40. The van der Waals surface area contributed by atoms with E-state index in [9.17, 15) is 17.2 Å². The molecule has 86 valence electrons. The first-order valence-corrected chi connectivity index (χ1v) is 6.02. The Labute approximate surface area is 98.1 Å². The van der Waals surface area contributed by atoms with Gasteiger partial charge in [-0.25, -0.2) is 27.3 Å². The summed E-state index contributed by atoms with van der Waals surface area (Å²) in [5.41, 5.74) is -1.16. The van der Waals surface area contributed by atoms with Crippen LogP contribution in [0.25, 0.3) is 0 Å². The van der Waals surface area contributed by atoms with Crippen molar-refractivity contribution in [3.05, 3.63) is 21.9 Å². The lowest BCUT2D eigenvalue weighted by atomic mass is 10.2. The summed E-state index contributed by atoms with van der Waals surface area (Å²) >= 11 is 2.71. The maximum Gasteiger partial charge on any atom is 0.266 e. The third-order valence-electron chi connectivity index (χ3n) is 1.62. The van der Waals surface area contributed by atoms with Gasteiger partial charge in [-0.3, -0.25) is 0 Å². The van der Waals surface area contributed by atoms with Gasteiger partial charge in [0.05, 0.1) is 5.56 Å². The standard InChI is InChI=1S/C7H4BrF2N3O2S/c8-6-3(7(9)10)1-5(16(12,14)15)4(2-11)13-6/h1,7H,(H2,12,14,15). The number of halogens is 3. The minimum absolute atomic E-state index is 0.286. The number of hydrogen-bond acceptors (Lipinski definition) is 4. The summed E-state index contributed by atoms with van der Waals surface area (Å²) in [5, 5.41) is 13.4. The number of rotatable bonds is 2. The van der Waals surface area contributed by atoms with Crippen molar-refractivity contribution in [2.75, 3.05) is 0 Å². The highest BCUT2D eigenvalue weighted by Crippen LogP contribution is 2.28. The Morgan fingerprint density at radius 3 is 2.50 bits per heavy atom. The number of sulfonamides is 1. The van der Waals surface area contributed by atoms with E-state index in [1.165, 1.54) is 6.07 Å². The second-order valence-corrected chi connectivity index (χ2v) is 4.95. The van der Waals surface area contributed by atoms with Crippen molar-refractivity contribution in [1.29, 1.82) is 5.26 Å². The Bertz CT molecular complexity index is 568. The SMILES string of the molecule is N#Cc1nc(Br)c(C(F)F)cc1S(N)(=O)=O. The molecule has 0 atom stereocenters. The summed E-state index contributed by atoms with van der Waals surface area (Å²) in [6.45, 7) is 0. The monoisotopic (exact) mass is 311 g/mol. The molecule has 16 heavy (non-hydrogen) atoms. The molecule has 1 rings (SSSR count). The van der Waals surface area contributed by atoms with Gasteiger partial charge >= 0.3 is 0 Å². The number of aromatic nitrogens is 1. The second-order valence-electron chi connectivity index (χ2n) is 2.67. The highest BCUT2D eigenvalue weighted by atomic mass is 79.9. The molecule has 0 amide bonds. The summed E-state index contributed by atoms with van der Waals surface area (Å²) in [6, 6.07) is 2.10. The number of primary sulfonamides is 1. The van der Waals surface area contributed by atoms with Crippen molar-refractivity contribution in [2.24, 2.45) is 5.14 Å². The molecular weight excluding hydrogens is 308 g/mol. The zero-order chi connectivity index (χ0) is 12.5. The highest BCUT2D eigenvalue weighted by molar-refractivity contribution is 9.10. The molecule has 0 radical (unpaired) electrons. The van der Waals surface area contributed by atoms with E-state index in [2.05, 4.69) is 20.9 Å². The molecule has 0 saturated carbocycles. The van der Waals surface area contributed by atoms with E-state index in [1.54, 1.807) is 0 Å². The van der Waals surface area contributed by atoms with Crippen molar-refractivity contribution < 1.29 is 17.2 Å². The van der Waals surface area contributed by atoms with Gasteiger partial charge in [0.2, 0.25) is 10.0 Å². The Balaban J connectivity index is 3.62. The van der Waals surface area contributed by atoms with Crippen LogP contribution in [-0.4, -0.2) is 13.4 Å². The van der Waals surface area contributed by atoms with Crippen LogP contribution in [0.15, 0.2) is 15.6 Å². The van der Waals surface area contributed by atoms with Crippen LogP contribution in [0.3, 0.4) is 0 Å². The average Bonchev–Trinajstić information content (AvgIpc) is 2.14. The van der Waals surface area contributed by atoms with Gasteiger partial charge in [0, 0.05) is 0 Å². The predicted molar refractivity (Wildman–Crippen MR) is 53.0 cm³/mol. The van der Waals surface area contributed by atoms with Gasteiger partial charge in [0.1, 0.15) is 15.6 Å². The molecule has 0 saturated heterocycles. The molecule has 5 nitrogen and oxygen atoms in total. The summed E-state index contributed by atoms with van der Waals surface area (Å²) in [6.07, 6.45) is -2.92. The first-order valence-electron chi connectivity index (χ1n) is 3.69. The van der Waals surface area contributed by atoms with Crippen LogP contribution in [0.5, 0.6) is 0 Å². The van der Waals surface area contributed by atoms with Crippen LogP contribution in [0, 0.1) is 11.3 Å². The molecule has 0 aromatic carbocycles. The number of nitriles is 1. The quantitative estimate of drug-likeness (QED) is 0.832. The summed E-state index contributed by atoms with van der Waals surface area (Å²) in [7, 11) is -4.26. The lowest BCUT2D eigenvalue weighted by molar-refractivity contribution is 0.149. The summed E-state index contributed by atoms with van der Waals surface area (Å²) in [4.78, 5) is 2.68. The maximum atomic E-state index is 12.4. The molecular formula is C7H4BrF2N3O2S. The summed E-state index contributed by atoms with van der Waals surface area (Å²) < 4.78 is 46.7. The minimum Gasteiger partial charge on any atom is -0.228 e. The van der Waals surface area contributed by atoms with E-state index in [4.69, 9.17) is 10.4 Å². The largest absolute Gasteiger partial charge is 0.266 e. The first-order chi connectivity index (χ1) is 7.27. The number of nitrogens with zero attached hydrogens (tertiary/aromatic N) is 2. The van der Waals surface area contributed by atoms with Crippen LogP contribution in [0.2, 0.25) is 0 Å². The van der Waals surface area contributed by atoms with Crippen LogP contribution in [-0.2, 0) is 10.0 Å². The lowest BCUT2D eigenvalue weighted by Gasteiger charge is -2.06. The van der Waals surface area contributed by atoms with E-state index in [1.807, 2.05) is 0 Å². The number of pyridine rings is 1. The molecule has 9 heteroatoms. The lowest BCUT2D eigenvalue weighted by Crippen LogP contribution is -2.15. The molecule has 0 aliphatic heterocycles. The molecule has 1 aromatic heterocycles. The van der Waals surface area contributed by atoms with Gasteiger partial charge < -0.3 is 0 Å². The molecule has 0 aliphatic rings. The number of nitrogens with two attached hydrogens (primary N) is 1. The molecule has 1 aromatic rings. The van der Waals surface area contributed by atoms with Gasteiger partial charge in [0.25, 0.3) is 6.43 Å². The maximum absolute atomic E-state index is 12.4. The van der Waals surface area contributed by atoms with E-state index < -0.39 is 32.6 Å². The predicted octanol–water partition coefficient (Wildman–Crippen LogP) is 1.30. The molecule has 0 fully saturated rings. The zero-order valence-corrected chi connectivity index (χ0v) is 9.89. The fourth-order valence-corrected chi connectivity index (χ4v) is 2.05. The Hall–Kier alpha value is -1.11. The normalized spacial score (nSPS) is 11.5. The average molecular weight is 312 g/mol. The fourth-order valence-electron chi connectivity index (χ4n) is 0.937. The van der Waals surface area contributed by atoms with Crippen molar-refractivity contribution in [3.63, 3.8) is 0 Å². The van der Waals surface area contributed by atoms with Gasteiger partial charge in [-0.2, -0.15) is 5.26 Å². The van der Waals surface area contributed by atoms with E-state index in [0.29, 0.717) is 6.07 Å². The Morgan fingerprint density at radius 2 is 2.12 bits per heavy atom. The van der Waals surface area contributed by atoms with Crippen LogP contribution < -0.4 is 5.14 Å². The molecule has 0 bridgehead atoms. The number of alkyl halides is 2. The van der Waals surface area contributed by atoms with Crippen LogP contribution >= 0.6 is 15.9 Å². The van der Waals surface area contributed by atoms with Gasteiger partial charge in [-0.1, -0.05) is 0 Å². The molecule has 0 unspecified atom stereocenters. The topological polar surface area (TPSA) is 96.8 Å². The Morgan fingerprint density at radius 1 is 1.56 bits per heavy atom. The van der Waals surface area contributed by atoms with E-state index >= 15 is 0 Å². The Kier molecular flexibility index (Phi) is 3.57. The van der Waals surface area contributed by atoms with Gasteiger partial charge in [-0.05, 0) is 22.0 Å². The molecule has 1 heterocycles. The van der Waals surface area contributed by atoms with Crippen molar-refractivity contribution >= 4 is 26.0 Å². The van der Waals surface area contributed by atoms with Gasteiger partial charge in [-0.15, -0.1) is 0 Å². The fraction of sp³-hybridized carbons (Fsp3) is 0.143. The van der Waals surface area contributed by atoms with E-state index in [0.717, 1.165) is 0 Å². The van der Waals surface area contributed by atoms with Crippen molar-refractivity contribution in [3.8, 4) is 6.07 Å². The van der Waals surface area contributed by atoms with Crippen LogP contribution in [0.4, 0.5) is 8.78 Å². The first kappa shape index (κ1) is 13.0. The third kappa shape index (κ3) is 2.52. The zero-order valence-electron chi connectivity index (χ0n) is 7.49.